The lowest BCUT2D eigenvalue weighted by molar-refractivity contribution is 0.0998. The zero-order chi connectivity index (χ0) is 20.1. The second kappa shape index (κ2) is 6.49. The summed E-state index contributed by atoms with van der Waals surface area (Å²) in [6, 6.07) is 16.5. The van der Waals surface area contributed by atoms with E-state index < -0.39 is 15.7 Å². The van der Waals surface area contributed by atoms with E-state index in [1.165, 1.54) is 12.1 Å². The molecular formula is C22H19NO4S. The second-order valence-electron chi connectivity index (χ2n) is 6.92. The molecule has 0 saturated heterocycles. The first-order valence-electron chi connectivity index (χ1n) is 8.78. The van der Waals surface area contributed by atoms with Crippen LogP contribution in [0.4, 0.5) is 5.69 Å². The van der Waals surface area contributed by atoms with Crippen molar-refractivity contribution in [3.8, 4) is 0 Å². The summed E-state index contributed by atoms with van der Waals surface area (Å²) in [6.45, 7) is 3.65. The van der Waals surface area contributed by atoms with Crippen molar-refractivity contribution in [2.75, 3.05) is 11.6 Å². The summed E-state index contributed by atoms with van der Waals surface area (Å²) in [7, 11) is -3.37. The third kappa shape index (κ3) is 3.05. The summed E-state index contributed by atoms with van der Waals surface area (Å²) >= 11 is 0. The minimum atomic E-state index is -3.37. The summed E-state index contributed by atoms with van der Waals surface area (Å²) in [5.74, 6) is -0.193. The number of furan rings is 1. The Morgan fingerprint density at radius 2 is 1.71 bits per heavy atom. The Kier molecular flexibility index (Phi) is 4.23. The van der Waals surface area contributed by atoms with Crippen LogP contribution in [0.25, 0.3) is 21.7 Å². The zero-order valence-corrected chi connectivity index (χ0v) is 16.6. The molecule has 0 aliphatic heterocycles. The molecule has 0 spiro atoms. The van der Waals surface area contributed by atoms with Gasteiger partial charge in [-0.15, -0.1) is 0 Å². The number of sulfone groups is 1. The lowest BCUT2D eigenvalue weighted by atomic mass is 10.1. The highest BCUT2D eigenvalue weighted by Gasteiger charge is 2.20. The van der Waals surface area contributed by atoms with Crippen LogP contribution in [0, 0.1) is 13.8 Å². The van der Waals surface area contributed by atoms with Gasteiger partial charge < -0.3 is 9.73 Å². The second-order valence-corrected chi connectivity index (χ2v) is 8.94. The molecule has 1 N–H and O–H groups in total. The van der Waals surface area contributed by atoms with Gasteiger partial charge >= 0.3 is 0 Å². The number of rotatable bonds is 3. The number of benzene rings is 3. The van der Waals surface area contributed by atoms with Crippen LogP contribution in [0.5, 0.6) is 0 Å². The summed E-state index contributed by atoms with van der Waals surface area (Å²) in [6.07, 6.45) is 1.14. The van der Waals surface area contributed by atoms with Gasteiger partial charge in [-0.2, -0.15) is 0 Å². The van der Waals surface area contributed by atoms with E-state index in [0.29, 0.717) is 11.3 Å². The topological polar surface area (TPSA) is 76.4 Å². The van der Waals surface area contributed by atoms with Crippen LogP contribution in [0.15, 0.2) is 63.9 Å². The van der Waals surface area contributed by atoms with Crippen LogP contribution in [0.3, 0.4) is 0 Å². The Hall–Kier alpha value is -3.12. The van der Waals surface area contributed by atoms with Crippen molar-refractivity contribution in [3.05, 3.63) is 71.5 Å². The number of hydrogen-bond donors (Lipinski definition) is 1. The molecule has 142 valence electrons. The maximum Gasteiger partial charge on any atom is 0.291 e. The average Bonchev–Trinajstić information content (AvgIpc) is 3.00. The fourth-order valence-electron chi connectivity index (χ4n) is 3.31. The van der Waals surface area contributed by atoms with Crippen LogP contribution >= 0.6 is 0 Å². The maximum absolute atomic E-state index is 12.9. The molecule has 0 unspecified atom stereocenters. The van der Waals surface area contributed by atoms with E-state index in [4.69, 9.17) is 4.42 Å². The van der Waals surface area contributed by atoms with Crippen LogP contribution in [-0.4, -0.2) is 20.6 Å². The van der Waals surface area contributed by atoms with Crippen LogP contribution in [0.1, 0.15) is 21.7 Å². The molecule has 0 saturated carbocycles. The Morgan fingerprint density at radius 1 is 0.964 bits per heavy atom. The Morgan fingerprint density at radius 3 is 2.46 bits per heavy atom. The Bertz CT molecular complexity index is 1350. The third-order valence-electron chi connectivity index (χ3n) is 4.92. The first-order chi connectivity index (χ1) is 13.3. The van der Waals surface area contributed by atoms with Crippen molar-refractivity contribution in [3.63, 3.8) is 0 Å². The van der Waals surface area contributed by atoms with Gasteiger partial charge in [0.25, 0.3) is 5.91 Å². The molecule has 0 atom stereocenters. The van der Waals surface area contributed by atoms with Gasteiger partial charge in [0, 0.05) is 28.3 Å². The largest absolute Gasteiger partial charge is 0.450 e. The van der Waals surface area contributed by atoms with Crippen LogP contribution in [-0.2, 0) is 9.84 Å². The molecule has 0 radical (unpaired) electrons. The van der Waals surface area contributed by atoms with Crippen molar-refractivity contribution >= 4 is 43.2 Å². The van der Waals surface area contributed by atoms with Gasteiger partial charge in [-0.05, 0) is 36.9 Å². The number of anilines is 1. The first kappa shape index (κ1) is 18.3. The number of aryl methyl sites for hydroxylation is 2. The summed E-state index contributed by atoms with van der Waals surface area (Å²) in [4.78, 5) is 13.1. The smallest absolute Gasteiger partial charge is 0.291 e. The van der Waals surface area contributed by atoms with Gasteiger partial charge in [-0.1, -0.05) is 42.5 Å². The van der Waals surface area contributed by atoms with Gasteiger partial charge in [0.05, 0.1) is 4.90 Å². The lowest BCUT2D eigenvalue weighted by Gasteiger charge is -2.09. The molecule has 1 aromatic heterocycles. The Balaban J connectivity index is 1.78. The zero-order valence-electron chi connectivity index (χ0n) is 15.7. The molecule has 28 heavy (non-hydrogen) atoms. The minimum absolute atomic E-state index is 0.153. The van der Waals surface area contributed by atoms with Crippen LogP contribution in [0.2, 0.25) is 0 Å². The van der Waals surface area contributed by atoms with Gasteiger partial charge in [-0.25, -0.2) is 8.42 Å². The molecule has 6 heteroatoms. The predicted molar refractivity (Wildman–Crippen MR) is 111 cm³/mol. The van der Waals surface area contributed by atoms with Crippen molar-refractivity contribution < 1.29 is 17.6 Å². The molecule has 3 aromatic carbocycles. The van der Waals surface area contributed by atoms with Crippen molar-refractivity contribution in [2.24, 2.45) is 0 Å². The van der Waals surface area contributed by atoms with Gasteiger partial charge in [0.2, 0.25) is 0 Å². The molecular weight excluding hydrogens is 374 g/mol. The highest BCUT2D eigenvalue weighted by Crippen LogP contribution is 2.32. The van der Waals surface area contributed by atoms with Gasteiger partial charge in [0.15, 0.2) is 15.6 Å². The minimum Gasteiger partial charge on any atom is -0.450 e. The van der Waals surface area contributed by atoms with Crippen molar-refractivity contribution in [1.82, 2.24) is 0 Å². The molecule has 4 rings (SSSR count). The molecule has 0 bridgehead atoms. The quantitative estimate of drug-likeness (QED) is 0.539. The third-order valence-corrected chi connectivity index (χ3v) is 6.03. The fraction of sp³-hybridized carbons (Fsp3) is 0.136. The lowest BCUT2D eigenvalue weighted by Crippen LogP contribution is -2.13. The summed E-state index contributed by atoms with van der Waals surface area (Å²) < 4.78 is 29.6. The van der Waals surface area contributed by atoms with E-state index in [2.05, 4.69) is 5.32 Å². The number of carbonyl (C=O) groups excluding carboxylic acids is 1. The van der Waals surface area contributed by atoms with E-state index in [1.54, 1.807) is 13.0 Å². The molecule has 0 aliphatic rings. The van der Waals surface area contributed by atoms with E-state index >= 15 is 0 Å². The van der Waals surface area contributed by atoms with E-state index in [1.807, 2.05) is 43.3 Å². The fourth-order valence-corrected chi connectivity index (χ4v) is 3.96. The number of carbonyl (C=O) groups is 1. The van der Waals surface area contributed by atoms with Gasteiger partial charge in [-0.3, -0.25) is 4.79 Å². The molecule has 5 nitrogen and oxygen atoms in total. The van der Waals surface area contributed by atoms with E-state index in [-0.39, 0.29) is 10.7 Å². The van der Waals surface area contributed by atoms with Gasteiger partial charge in [0.1, 0.15) is 5.58 Å². The normalized spacial score (nSPS) is 11.8. The number of fused-ring (bicyclic) bond motifs is 3. The van der Waals surface area contributed by atoms with E-state index in [0.717, 1.165) is 33.5 Å². The highest BCUT2D eigenvalue weighted by molar-refractivity contribution is 7.90. The van der Waals surface area contributed by atoms with Crippen molar-refractivity contribution in [1.29, 1.82) is 0 Å². The SMILES string of the molecule is Cc1ccc(S(C)(=O)=O)cc1NC(=O)c1oc2c(ccc3ccccc32)c1C. The standard InChI is InChI=1S/C22H19NO4S/c1-13-8-10-16(28(3,25)26)12-19(13)23-22(24)20-14(2)17-11-9-15-6-4-5-7-18(15)21(17)27-20/h4-12H,1-3H3,(H,23,24). The summed E-state index contributed by atoms with van der Waals surface area (Å²) in [5.41, 5.74) is 2.62. The monoisotopic (exact) mass is 393 g/mol. The first-order valence-corrected chi connectivity index (χ1v) is 10.7. The Labute approximate surface area is 162 Å². The molecule has 1 amide bonds. The van der Waals surface area contributed by atoms with Crippen molar-refractivity contribution in [2.45, 2.75) is 18.7 Å². The number of hydrogen-bond acceptors (Lipinski definition) is 4. The molecule has 0 fully saturated rings. The molecule has 0 aliphatic carbocycles. The molecule has 4 aromatic rings. The summed E-state index contributed by atoms with van der Waals surface area (Å²) in [5, 5.41) is 5.65. The maximum atomic E-state index is 12.9. The number of nitrogens with one attached hydrogen (secondary N) is 1. The average molecular weight is 393 g/mol. The number of amides is 1. The molecule has 1 heterocycles. The predicted octanol–water partition coefficient (Wildman–Crippen LogP) is 4.86. The van der Waals surface area contributed by atoms with E-state index in [9.17, 15) is 13.2 Å². The highest BCUT2D eigenvalue weighted by atomic mass is 32.2. The van der Waals surface area contributed by atoms with Crippen LogP contribution < -0.4 is 5.32 Å².